The Kier molecular flexibility index (Phi) is 9.71. The van der Waals surface area contributed by atoms with E-state index in [0.717, 1.165) is 6.42 Å². The van der Waals surface area contributed by atoms with Crippen LogP contribution >= 0.6 is 0 Å². The van der Waals surface area contributed by atoms with E-state index in [1.807, 2.05) is 0 Å². The average Bonchev–Trinajstić information content (AvgIpc) is 3.64. The van der Waals surface area contributed by atoms with E-state index in [9.17, 15) is 29.1 Å². The van der Waals surface area contributed by atoms with Crippen LogP contribution in [0.15, 0.2) is 25.0 Å². The number of nitrogens with two attached hydrogens (primary N) is 1. The molecule has 1 aliphatic heterocycles. The third kappa shape index (κ3) is 8.42. The first-order valence-electron chi connectivity index (χ1n) is 11.8. The van der Waals surface area contributed by atoms with E-state index in [2.05, 4.69) is 41.2 Å². The Morgan fingerprint density at radius 2 is 1.51 bits per heavy atom. The fourth-order valence-corrected chi connectivity index (χ4v) is 3.92. The third-order valence-electron chi connectivity index (χ3n) is 5.89. The molecule has 9 N–H and O–H groups in total. The summed E-state index contributed by atoms with van der Waals surface area (Å²) in [7, 11) is 0. The highest BCUT2D eigenvalue weighted by molar-refractivity contribution is 5.94. The van der Waals surface area contributed by atoms with Gasteiger partial charge in [-0.1, -0.05) is 0 Å². The second kappa shape index (κ2) is 13.2. The summed E-state index contributed by atoms with van der Waals surface area (Å²) in [5, 5.41) is 20.2. The van der Waals surface area contributed by atoms with Crippen molar-refractivity contribution in [1.29, 1.82) is 0 Å². The molecule has 1 fully saturated rings. The number of aromatic nitrogens is 4. The number of imidazole rings is 2. The van der Waals surface area contributed by atoms with Gasteiger partial charge in [0.15, 0.2) is 0 Å². The van der Waals surface area contributed by atoms with Gasteiger partial charge in [-0.2, -0.15) is 0 Å². The number of nitrogens with one attached hydrogen (secondary N) is 6. The molecule has 0 aliphatic carbocycles. The third-order valence-corrected chi connectivity index (χ3v) is 5.89. The Labute approximate surface area is 211 Å². The molecule has 0 saturated carbocycles. The number of nitrogens with zero attached hydrogens (tertiary/aromatic N) is 2. The monoisotopic (exact) mass is 517 g/mol. The number of carboxylic acids is 1. The molecule has 15 heteroatoms. The number of aromatic amines is 2. The first-order chi connectivity index (χ1) is 17.7. The van der Waals surface area contributed by atoms with Crippen molar-refractivity contribution in [2.24, 2.45) is 5.73 Å². The Morgan fingerprint density at radius 3 is 1.97 bits per heavy atom. The molecule has 1 aliphatic rings. The molecule has 37 heavy (non-hydrogen) atoms. The normalized spacial score (nSPS) is 17.4. The van der Waals surface area contributed by atoms with E-state index in [0.29, 0.717) is 24.4 Å². The van der Waals surface area contributed by atoms with Crippen LogP contribution in [0.4, 0.5) is 0 Å². The number of hydrogen-bond donors (Lipinski definition) is 8. The molecule has 4 amide bonds. The summed E-state index contributed by atoms with van der Waals surface area (Å²) in [5.74, 6) is -3.84. The van der Waals surface area contributed by atoms with Gasteiger partial charge in [-0.15, -0.1) is 0 Å². The lowest BCUT2D eigenvalue weighted by molar-refractivity contribution is -0.142. The maximum absolute atomic E-state index is 13.3. The SMILES string of the molecule is NC(=O)CCC(NC(=O)C(Cc1cnc[nH]1)NC(=O)C(Cc1cnc[nH]1)NC(=O)C1CCCN1)C(=O)O. The van der Waals surface area contributed by atoms with Crippen LogP contribution in [0, 0.1) is 0 Å². The van der Waals surface area contributed by atoms with Crippen LogP contribution in [-0.2, 0) is 36.8 Å². The lowest BCUT2D eigenvalue weighted by Crippen LogP contribution is -2.58. The number of primary amides is 1. The van der Waals surface area contributed by atoms with Gasteiger partial charge in [-0.3, -0.25) is 19.2 Å². The fraction of sp³-hybridized carbons (Fsp3) is 0.500. The summed E-state index contributed by atoms with van der Waals surface area (Å²) in [6.07, 6.45) is 6.88. The number of hydrogen-bond acceptors (Lipinski definition) is 8. The molecule has 3 rings (SSSR count). The zero-order chi connectivity index (χ0) is 26.8. The summed E-state index contributed by atoms with van der Waals surface area (Å²) in [5.41, 5.74) is 6.20. The summed E-state index contributed by atoms with van der Waals surface area (Å²) >= 11 is 0. The number of carboxylic acid groups (broad SMARTS) is 1. The number of rotatable bonds is 14. The van der Waals surface area contributed by atoms with E-state index < -0.39 is 47.9 Å². The summed E-state index contributed by atoms with van der Waals surface area (Å²) in [6.45, 7) is 0.697. The number of amides is 4. The molecule has 3 heterocycles. The van der Waals surface area contributed by atoms with Crippen molar-refractivity contribution in [3.63, 3.8) is 0 Å². The van der Waals surface area contributed by atoms with Crippen molar-refractivity contribution in [2.75, 3.05) is 6.54 Å². The largest absolute Gasteiger partial charge is 0.480 e. The second-order valence-corrected chi connectivity index (χ2v) is 8.74. The van der Waals surface area contributed by atoms with Crippen molar-refractivity contribution < 1.29 is 29.1 Å². The molecule has 0 aromatic carbocycles. The smallest absolute Gasteiger partial charge is 0.326 e. The summed E-state index contributed by atoms with van der Waals surface area (Å²) in [6, 6.07) is -4.08. The van der Waals surface area contributed by atoms with Gasteiger partial charge in [-0.05, 0) is 25.8 Å². The number of carbonyl (C=O) groups is 5. The highest BCUT2D eigenvalue weighted by atomic mass is 16.4. The van der Waals surface area contributed by atoms with Crippen molar-refractivity contribution in [3.05, 3.63) is 36.4 Å². The zero-order valence-corrected chi connectivity index (χ0v) is 20.0. The van der Waals surface area contributed by atoms with Gasteiger partial charge in [0, 0.05) is 43.0 Å². The minimum absolute atomic E-state index is 0.0331. The Morgan fingerprint density at radius 1 is 0.946 bits per heavy atom. The number of aliphatic carboxylic acids is 1. The molecule has 2 aromatic rings. The molecule has 1 saturated heterocycles. The van der Waals surface area contributed by atoms with Crippen LogP contribution in [-0.4, -0.2) is 85.4 Å². The molecule has 200 valence electrons. The van der Waals surface area contributed by atoms with Crippen LogP contribution in [0.3, 0.4) is 0 Å². The van der Waals surface area contributed by atoms with Crippen molar-refractivity contribution in [1.82, 2.24) is 41.2 Å². The van der Waals surface area contributed by atoms with E-state index in [-0.39, 0.29) is 31.6 Å². The predicted molar refractivity (Wildman–Crippen MR) is 127 cm³/mol. The molecular formula is C22H31N9O6. The Balaban J connectivity index is 1.75. The molecule has 4 unspecified atom stereocenters. The topological polar surface area (TPSA) is 237 Å². The Bertz CT molecular complexity index is 1070. The quantitative estimate of drug-likeness (QED) is 0.132. The van der Waals surface area contributed by atoms with Gasteiger partial charge in [0.05, 0.1) is 18.7 Å². The average molecular weight is 518 g/mol. The standard InChI is InChI=1S/C22H31N9O6/c23-18(32)4-3-15(22(36)37)29-20(34)16(6-12-8-24-10-27-12)31-21(35)17(7-13-9-25-11-28-13)30-19(33)14-2-1-5-26-14/h8-11,14-17,26H,1-7H2,(H2,23,32)(H,24,27)(H,25,28)(H,29,34)(H,30,33)(H,31,35)(H,36,37). The lowest BCUT2D eigenvalue weighted by atomic mass is 10.1. The van der Waals surface area contributed by atoms with Crippen LogP contribution < -0.4 is 27.0 Å². The van der Waals surface area contributed by atoms with Gasteiger partial charge in [0.2, 0.25) is 23.6 Å². The number of H-pyrrole nitrogens is 2. The minimum Gasteiger partial charge on any atom is -0.480 e. The number of carbonyl (C=O) groups excluding carboxylic acids is 4. The molecule has 15 nitrogen and oxygen atoms in total. The van der Waals surface area contributed by atoms with Gasteiger partial charge >= 0.3 is 5.97 Å². The molecule has 4 atom stereocenters. The van der Waals surface area contributed by atoms with Crippen molar-refractivity contribution in [3.8, 4) is 0 Å². The zero-order valence-electron chi connectivity index (χ0n) is 20.0. The van der Waals surface area contributed by atoms with Gasteiger partial charge in [0.25, 0.3) is 0 Å². The highest BCUT2D eigenvalue weighted by Crippen LogP contribution is 2.08. The minimum atomic E-state index is -1.39. The predicted octanol–water partition coefficient (Wildman–Crippen LogP) is -2.53. The van der Waals surface area contributed by atoms with Crippen molar-refractivity contribution in [2.45, 2.75) is 62.7 Å². The summed E-state index contributed by atoms with van der Waals surface area (Å²) < 4.78 is 0. The van der Waals surface area contributed by atoms with E-state index >= 15 is 0 Å². The molecular weight excluding hydrogens is 486 g/mol. The van der Waals surface area contributed by atoms with Gasteiger partial charge in [-0.25, -0.2) is 14.8 Å². The van der Waals surface area contributed by atoms with Gasteiger partial charge in [0.1, 0.15) is 18.1 Å². The molecule has 0 spiro atoms. The van der Waals surface area contributed by atoms with Crippen LogP contribution in [0.1, 0.15) is 37.1 Å². The maximum atomic E-state index is 13.3. The lowest BCUT2D eigenvalue weighted by Gasteiger charge is -2.25. The van der Waals surface area contributed by atoms with E-state index in [4.69, 9.17) is 5.73 Å². The van der Waals surface area contributed by atoms with Crippen LogP contribution in [0.2, 0.25) is 0 Å². The second-order valence-electron chi connectivity index (χ2n) is 8.74. The highest BCUT2D eigenvalue weighted by Gasteiger charge is 2.32. The Hall–Kier alpha value is -4.27. The fourth-order valence-electron chi connectivity index (χ4n) is 3.92. The van der Waals surface area contributed by atoms with E-state index in [1.165, 1.54) is 25.0 Å². The molecule has 0 radical (unpaired) electrons. The van der Waals surface area contributed by atoms with Crippen LogP contribution in [0.5, 0.6) is 0 Å². The molecule has 2 aromatic heterocycles. The van der Waals surface area contributed by atoms with Crippen LogP contribution in [0.25, 0.3) is 0 Å². The first kappa shape index (κ1) is 27.3. The van der Waals surface area contributed by atoms with E-state index in [1.54, 1.807) is 0 Å². The first-order valence-corrected chi connectivity index (χ1v) is 11.8. The van der Waals surface area contributed by atoms with Gasteiger partial charge < -0.3 is 42.1 Å². The van der Waals surface area contributed by atoms with Crippen molar-refractivity contribution >= 4 is 29.6 Å². The molecule has 0 bridgehead atoms. The maximum Gasteiger partial charge on any atom is 0.326 e. The summed E-state index contributed by atoms with van der Waals surface area (Å²) in [4.78, 5) is 75.4.